The smallest absolute Gasteiger partial charge is 0.337 e. The molecule has 2 heterocycles. The monoisotopic (exact) mass is 437 g/mol. The molecule has 1 aromatic carbocycles. The van der Waals surface area contributed by atoms with Gasteiger partial charge in [0.05, 0.1) is 18.6 Å². The lowest BCUT2D eigenvalue weighted by Gasteiger charge is -2.39. The van der Waals surface area contributed by atoms with Crippen molar-refractivity contribution in [1.29, 1.82) is 0 Å². The van der Waals surface area contributed by atoms with Crippen molar-refractivity contribution in [1.82, 2.24) is 5.32 Å². The Kier molecular flexibility index (Phi) is 5.75. The maximum Gasteiger partial charge on any atom is 0.337 e. The van der Waals surface area contributed by atoms with Crippen molar-refractivity contribution in [3.63, 3.8) is 0 Å². The van der Waals surface area contributed by atoms with Gasteiger partial charge in [-0.1, -0.05) is 32.0 Å². The van der Waals surface area contributed by atoms with Gasteiger partial charge in [0.2, 0.25) is 0 Å². The molecule has 4 rings (SSSR count). The van der Waals surface area contributed by atoms with E-state index in [1.165, 1.54) is 0 Å². The van der Waals surface area contributed by atoms with Gasteiger partial charge in [0, 0.05) is 28.3 Å². The third-order valence-electron chi connectivity index (χ3n) is 5.82. The number of benzene rings is 1. The molecule has 0 fully saturated rings. The first-order valence-electron chi connectivity index (χ1n) is 10.4. The van der Waals surface area contributed by atoms with Gasteiger partial charge in [-0.25, -0.2) is 4.79 Å². The molecule has 1 aliphatic carbocycles. The van der Waals surface area contributed by atoms with E-state index in [2.05, 4.69) is 19.2 Å². The Morgan fingerprint density at radius 2 is 1.94 bits per heavy atom. The lowest BCUT2D eigenvalue weighted by atomic mass is 9.70. The Balaban J connectivity index is 1.64. The molecule has 0 bridgehead atoms. The topological polar surface area (TPSA) is 64.6 Å². The molecule has 2 aromatic rings. The molecular formula is C25H27NO4S. The van der Waals surface area contributed by atoms with Crippen LogP contribution in [0.4, 0.5) is 0 Å². The van der Waals surface area contributed by atoms with Crippen LogP contribution in [0.3, 0.4) is 0 Å². The maximum absolute atomic E-state index is 13.2. The molecular weight excluding hydrogens is 410 g/mol. The fourth-order valence-corrected chi connectivity index (χ4v) is 5.24. The Hall–Kier alpha value is -2.86. The van der Waals surface area contributed by atoms with Crippen LogP contribution >= 0.6 is 11.3 Å². The minimum Gasteiger partial charge on any atom is -0.497 e. The number of carbonyl (C=O) groups excluding carboxylic acids is 2. The molecule has 0 saturated carbocycles. The quantitative estimate of drug-likeness (QED) is 0.659. The summed E-state index contributed by atoms with van der Waals surface area (Å²) in [5.74, 6) is 0.0674. The Morgan fingerprint density at radius 1 is 1.19 bits per heavy atom. The number of rotatable bonds is 5. The van der Waals surface area contributed by atoms with Gasteiger partial charge in [-0.2, -0.15) is 0 Å². The van der Waals surface area contributed by atoms with Gasteiger partial charge in [-0.05, 0) is 47.9 Å². The highest BCUT2D eigenvalue weighted by Crippen LogP contribution is 2.47. The van der Waals surface area contributed by atoms with E-state index in [1.54, 1.807) is 18.4 Å². The number of nitrogens with one attached hydrogen (secondary N) is 1. The molecule has 0 spiro atoms. The van der Waals surface area contributed by atoms with Crippen molar-refractivity contribution in [2.75, 3.05) is 7.11 Å². The van der Waals surface area contributed by atoms with Gasteiger partial charge in [-0.3, -0.25) is 4.79 Å². The van der Waals surface area contributed by atoms with E-state index in [1.807, 2.05) is 48.7 Å². The van der Waals surface area contributed by atoms with Gasteiger partial charge in [0.15, 0.2) is 5.78 Å². The summed E-state index contributed by atoms with van der Waals surface area (Å²) < 4.78 is 10.9. The number of esters is 1. The summed E-state index contributed by atoms with van der Waals surface area (Å²) in [7, 11) is 1.61. The van der Waals surface area contributed by atoms with Crippen LogP contribution in [0, 0.1) is 5.41 Å². The van der Waals surface area contributed by atoms with Crippen molar-refractivity contribution in [2.24, 2.45) is 5.41 Å². The van der Waals surface area contributed by atoms with E-state index in [0.29, 0.717) is 17.6 Å². The molecule has 6 heteroatoms. The van der Waals surface area contributed by atoms with Crippen LogP contribution in [0.2, 0.25) is 0 Å². The molecule has 1 aromatic heterocycles. The first-order chi connectivity index (χ1) is 14.8. The third kappa shape index (κ3) is 4.30. The summed E-state index contributed by atoms with van der Waals surface area (Å²) in [6, 6.07) is 11.4. The number of carbonyl (C=O) groups is 2. The predicted octanol–water partition coefficient (Wildman–Crippen LogP) is 5.10. The van der Waals surface area contributed by atoms with E-state index in [-0.39, 0.29) is 23.7 Å². The molecule has 31 heavy (non-hydrogen) atoms. The summed E-state index contributed by atoms with van der Waals surface area (Å²) in [4.78, 5) is 27.4. The summed E-state index contributed by atoms with van der Waals surface area (Å²) in [5.41, 5.74) is 3.69. The SMILES string of the molecule is COc1ccc(COC(=O)C2=C(C)NC3=C(C(=O)CC(C)(C)C3)[C@@H]2c2cccs2)cc1. The molecule has 0 amide bonds. The summed E-state index contributed by atoms with van der Waals surface area (Å²) in [6.45, 7) is 6.26. The van der Waals surface area contributed by atoms with E-state index < -0.39 is 5.97 Å². The molecule has 5 nitrogen and oxygen atoms in total. The third-order valence-corrected chi connectivity index (χ3v) is 6.75. The fraction of sp³-hybridized carbons (Fsp3) is 0.360. The second-order valence-electron chi connectivity index (χ2n) is 8.87. The number of thiophene rings is 1. The minimum absolute atomic E-state index is 0.102. The second-order valence-corrected chi connectivity index (χ2v) is 9.85. The van der Waals surface area contributed by atoms with Crippen molar-refractivity contribution in [2.45, 2.75) is 46.1 Å². The minimum atomic E-state index is -0.400. The molecule has 1 aliphatic heterocycles. The maximum atomic E-state index is 13.2. The van der Waals surface area contributed by atoms with Crippen LogP contribution in [0.15, 0.2) is 64.3 Å². The van der Waals surface area contributed by atoms with E-state index >= 15 is 0 Å². The number of hydrogen-bond donors (Lipinski definition) is 1. The molecule has 1 atom stereocenters. The van der Waals surface area contributed by atoms with Gasteiger partial charge in [-0.15, -0.1) is 11.3 Å². The lowest BCUT2D eigenvalue weighted by Crippen LogP contribution is -2.38. The summed E-state index contributed by atoms with van der Waals surface area (Å²) in [5, 5.41) is 5.34. The van der Waals surface area contributed by atoms with Crippen LogP contribution in [-0.2, 0) is 20.9 Å². The van der Waals surface area contributed by atoms with E-state index in [4.69, 9.17) is 9.47 Å². The Labute approximate surface area is 186 Å². The molecule has 162 valence electrons. The molecule has 1 N–H and O–H groups in total. The number of allylic oxidation sites excluding steroid dienone is 3. The van der Waals surface area contributed by atoms with Crippen molar-refractivity contribution in [3.8, 4) is 5.75 Å². The van der Waals surface area contributed by atoms with Crippen LogP contribution in [0.25, 0.3) is 0 Å². The number of hydrogen-bond acceptors (Lipinski definition) is 6. The van der Waals surface area contributed by atoms with Crippen LogP contribution in [0.1, 0.15) is 50.0 Å². The highest BCUT2D eigenvalue weighted by molar-refractivity contribution is 7.10. The van der Waals surface area contributed by atoms with Crippen molar-refractivity contribution >= 4 is 23.1 Å². The van der Waals surface area contributed by atoms with E-state index in [9.17, 15) is 9.59 Å². The first-order valence-corrected chi connectivity index (χ1v) is 11.2. The van der Waals surface area contributed by atoms with Crippen molar-refractivity contribution < 1.29 is 19.1 Å². The van der Waals surface area contributed by atoms with Gasteiger partial charge in [0.1, 0.15) is 12.4 Å². The fourth-order valence-electron chi connectivity index (χ4n) is 4.40. The number of methoxy groups -OCH3 is 1. The largest absolute Gasteiger partial charge is 0.497 e. The molecule has 2 aliphatic rings. The number of ketones is 1. The van der Waals surface area contributed by atoms with Gasteiger partial charge >= 0.3 is 5.97 Å². The molecule has 0 saturated heterocycles. The van der Waals surface area contributed by atoms with Crippen LogP contribution in [0.5, 0.6) is 5.75 Å². The number of dihydropyridines is 1. The number of ether oxygens (including phenoxy) is 2. The highest BCUT2D eigenvalue weighted by Gasteiger charge is 2.43. The van der Waals surface area contributed by atoms with Crippen LogP contribution in [-0.4, -0.2) is 18.9 Å². The lowest BCUT2D eigenvalue weighted by molar-refractivity contribution is -0.140. The van der Waals surface area contributed by atoms with E-state index in [0.717, 1.165) is 34.0 Å². The zero-order valence-corrected chi connectivity index (χ0v) is 19.1. The van der Waals surface area contributed by atoms with Crippen molar-refractivity contribution in [3.05, 3.63) is 74.8 Å². The second kappa shape index (κ2) is 8.35. The average Bonchev–Trinajstić information content (AvgIpc) is 3.25. The molecule has 0 unspecified atom stereocenters. The zero-order valence-electron chi connectivity index (χ0n) is 18.3. The Bertz CT molecular complexity index is 1060. The first kappa shape index (κ1) is 21.4. The zero-order chi connectivity index (χ0) is 22.2. The molecule has 0 radical (unpaired) electrons. The standard InChI is InChI=1S/C25H27NO4S/c1-15-21(24(28)30-14-16-7-9-17(29-4)10-8-16)23(20-6-5-11-31-20)22-18(26-15)12-25(2,3)13-19(22)27/h5-11,23,26H,12-14H2,1-4H3/t23-/m1/s1. The highest BCUT2D eigenvalue weighted by atomic mass is 32.1. The number of Topliss-reactive ketones (excluding diaryl/α,β-unsaturated/α-hetero) is 1. The normalized spacial score (nSPS) is 20.3. The summed E-state index contributed by atoms with van der Waals surface area (Å²) in [6.07, 6.45) is 1.25. The summed E-state index contributed by atoms with van der Waals surface area (Å²) >= 11 is 1.56. The van der Waals surface area contributed by atoms with Gasteiger partial charge in [0.25, 0.3) is 0 Å². The van der Waals surface area contributed by atoms with Gasteiger partial charge < -0.3 is 14.8 Å². The Morgan fingerprint density at radius 3 is 2.58 bits per heavy atom. The van der Waals surface area contributed by atoms with Crippen LogP contribution < -0.4 is 10.1 Å². The predicted molar refractivity (Wildman–Crippen MR) is 121 cm³/mol. The average molecular weight is 438 g/mol.